The Kier molecular flexibility index (Phi) is 9.51. The molecule has 0 saturated heterocycles. The minimum Gasteiger partial charge on any atom is -0.345 e. The fraction of sp³-hybridized carbons (Fsp3) is 0.259. The molecule has 0 unspecified atom stereocenters. The number of aldehydes is 1. The van der Waals surface area contributed by atoms with E-state index in [0.717, 1.165) is 11.1 Å². The Morgan fingerprint density at radius 1 is 0.946 bits per heavy atom. The summed E-state index contributed by atoms with van der Waals surface area (Å²) in [6.45, 7) is 0.849. The van der Waals surface area contributed by atoms with E-state index >= 15 is 0 Å². The molecule has 2 N–H and O–H groups in total. The average molecular weight is 524 g/mol. The summed E-state index contributed by atoms with van der Waals surface area (Å²) in [6.07, 6.45) is 0.879. The normalized spacial score (nSPS) is 11.9. The van der Waals surface area contributed by atoms with Crippen LogP contribution in [-0.4, -0.2) is 42.8 Å². The van der Waals surface area contributed by atoms with Crippen LogP contribution >= 0.6 is 0 Å². The molecule has 0 fully saturated rings. The van der Waals surface area contributed by atoms with Gasteiger partial charge >= 0.3 is 0 Å². The summed E-state index contributed by atoms with van der Waals surface area (Å²) in [6, 6.07) is 20.3. The number of ketones is 1. The zero-order valence-electron chi connectivity index (χ0n) is 20.4. The molecule has 1 amide bonds. The topological polar surface area (TPSA) is 131 Å². The predicted octanol–water partition coefficient (Wildman–Crippen LogP) is 2.09. The van der Waals surface area contributed by atoms with Crippen LogP contribution in [0.3, 0.4) is 0 Å². The maximum atomic E-state index is 13.3. The number of hydrogen-bond acceptors (Lipinski definition) is 6. The van der Waals surface area contributed by atoms with Gasteiger partial charge in [0.2, 0.25) is 15.9 Å². The standard InChI is InChI=1S/C27H29N3O6S/c1-20(32)16-23(19-31)28-26(33)18-30-24(17-22-10-6-3-7-11-22)12-13-25(27(30)34)29-37(35,36)15-14-21-8-4-2-5-9-21/h2-13,19,23,29H,14-18H2,1H3,(H,28,33)/t23-/m0/s1. The largest absolute Gasteiger partial charge is 0.345 e. The lowest BCUT2D eigenvalue weighted by atomic mass is 10.1. The lowest BCUT2D eigenvalue weighted by Gasteiger charge is -2.17. The van der Waals surface area contributed by atoms with Crippen molar-refractivity contribution >= 4 is 33.7 Å². The third-order valence-corrected chi connectivity index (χ3v) is 6.85. The number of aryl methyl sites for hydroxylation is 1. The van der Waals surface area contributed by atoms with Crippen molar-refractivity contribution in [3.63, 3.8) is 0 Å². The summed E-state index contributed by atoms with van der Waals surface area (Å²) in [4.78, 5) is 48.7. The molecule has 2 aromatic carbocycles. The van der Waals surface area contributed by atoms with E-state index in [1.807, 2.05) is 60.7 Å². The fourth-order valence-corrected chi connectivity index (χ4v) is 4.88. The van der Waals surface area contributed by atoms with Gasteiger partial charge in [0.15, 0.2) is 0 Å². The Morgan fingerprint density at radius 2 is 1.57 bits per heavy atom. The number of benzene rings is 2. The van der Waals surface area contributed by atoms with Crippen molar-refractivity contribution in [2.75, 3.05) is 10.5 Å². The number of nitrogens with one attached hydrogen (secondary N) is 2. The first-order chi connectivity index (χ1) is 17.7. The van der Waals surface area contributed by atoms with Crippen LogP contribution in [0.2, 0.25) is 0 Å². The Labute approximate surface area is 215 Å². The minimum atomic E-state index is -3.86. The molecule has 0 radical (unpaired) electrons. The number of pyridine rings is 1. The maximum absolute atomic E-state index is 13.3. The molecule has 0 aliphatic rings. The Bertz CT molecular complexity index is 1400. The van der Waals surface area contributed by atoms with Crippen molar-refractivity contribution in [2.45, 2.75) is 38.8 Å². The van der Waals surface area contributed by atoms with Crippen LogP contribution in [0.25, 0.3) is 0 Å². The van der Waals surface area contributed by atoms with E-state index in [2.05, 4.69) is 10.0 Å². The van der Waals surface area contributed by atoms with Crippen LogP contribution in [0, 0.1) is 0 Å². The fourth-order valence-electron chi connectivity index (χ4n) is 3.78. The van der Waals surface area contributed by atoms with Crippen molar-refractivity contribution in [1.29, 1.82) is 0 Å². The number of amides is 1. The SMILES string of the molecule is CC(=O)C[C@@H](C=O)NC(=O)Cn1c(Cc2ccccc2)ccc(NS(=O)(=O)CCc2ccccc2)c1=O. The second-order valence-corrected chi connectivity index (χ2v) is 10.5. The number of anilines is 1. The molecule has 0 saturated carbocycles. The monoisotopic (exact) mass is 523 g/mol. The van der Waals surface area contributed by atoms with Gasteiger partial charge in [0.25, 0.3) is 5.56 Å². The molecule has 1 heterocycles. The second-order valence-electron chi connectivity index (χ2n) is 8.66. The molecule has 3 rings (SSSR count). The van der Waals surface area contributed by atoms with Crippen LogP contribution in [0.4, 0.5) is 5.69 Å². The summed E-state index contributed by atoms with van der Waals surface area (Å²) in [5.41, 5.74) is 1.33. The van der Waals surface area contributed by atoms with Crippen LogP contribution < -0.4 is 15.6 Å². The van der Waals surface area contributed by atoms with Gasteiger partial charge in [-0.3, -0.25) is 19.1 Å². The van der Waals surface area contributed by atoms with Crippen LogP contribution in [-0.2, 0) is 43.8 Å². The van der Waals surface area contributed by atoms with Crippen LogP contribution in [0.1, 0.15) is 30.2 Å². The summed E-state index contributed by atoms with van der Waals surface area (Å²) in [7, 11) is -3.86. The van der Waals surface area contributed by atoms with Gasteiger partial charge in [-0.15, -0.1) is 0 Å². The van der Waals surface area contributed by atoms with Crippen LogP contribution in [0.5, 0.6) is 0 Å². The molecule has 0 bridgehead atoms. The quantitative estimate of drug-likeness (QED) is 0.330. The van der Waals surface area contributed by atoms with Gasteiger partial charge in [-0.2, -0.15) is 0 Å². The molecule has 10 heteroatoms. The van der Waals surface area contributed by atoms with Crippen molar-refractivity contribution in [3.8, 4) is 0 Å². The Morgan fingerprint density at radius 3 is 2.16 bits per heavy atom. The molecule has 0 aliphatic heterocycles. The zero-order chi connectivity index (χ0) is 26.8. The first-order valence-corrected chi connectivity index (χ1v) is 13.4. The van der Waals surface area contributed by atoms with Gasteiger partial charge in [0.1, 0.15) is 24.3 Å². The molecule has 37 heavy (non-hydrogen) atoms. The van der Waals surface area contributed by atoms with E-state index in [0.29, 0.717) is 18.4 Å². The number of nitrogens with zero attached hydrogens (tertiary/aromatic N) is 1. The predicted molar refractivity (Wildman–Crippen MR) is 141 cm³/mol. The zero-order valence-corrected chi connectivity index (χ0v) is 21.2. The second kappa shape index (κ2) is 12.8. The van der Waals surface area contributed by atoms with E-state index in [1.54, 1.807) is 6.07 Å². The van der Waals surface area contributed by atoms with Crippen molar-refractivity contribution in [2.24, 2.45) is 0 Å². The van der Waals surface area contributed by atoms with E-state index in [1.165, 1.54) is 17.6 Å². The van der Waals surface area contributed by atoms with Gasteiger partial charge in [-0.25, -0.2) is 8.42 Å². The third kappa shape index (κ3) is 8.53. The number of Topliss-reactive ketones (excluding diaryl/α,β-unsaturated/α-hetero) is 1. The smallest absolute Gasteiger partial charge is 0.275 e. The summed E-state index contributed by atoms with van der Waals surface area (Å²) in [5, 5.41) is 2.44. The number of rotatable bonds is 13. The van der Waals surface area contributed by atoms with Gasteiger partial charge in [-0.05, 0) is 36.6 Å². The third-order valence-electron chi connectivity index (χ3n) is 5.58. The van der Waals surface area contributed by atoms with Gasteiger partial charge < -0.3 is 14.7 Å². The highest BCUT2D eigenvalue weighted by atomic mass is 32.2. The lowest BCUT2D eigenvalue weighted by Crippen LogP contribution is -2.41. The number of sulfonamides is 1. The van der Waals surface area contributed by atoms with Gasteiger partial charge in [-0.1, -0.05) is 60.7 Å². The highest BCUT2D eigenvalue weighted by Gasteiger charge is 2.19. The first-order valence-electron chi connectivity index (χ1n) is 11.7. The lowest BCUT2D eigenvalue weighted by molar-refractivity contribution is -0.126. The summed E-state index contributed by atoms with van der Waals surface area (Å²) >= 11 is 0. The molecule has 1 aromatic heterocycles. The van der Waals surface area contributed by atoms with E-state index in [-0.39, 0.29) is 30.1 Å². The number of hydrogen-bond donors (Lipinski definition) is 2. The number of aromatic nitrogens is 1. The van der Waals surface area contributed by atoms with Gasteiger partial charge in [0, 0.05) is 18.5 Å². The van der Waals surface area contributed by atoms with Crippen LogP contribution in [0.15, 0.2) is 77.6 Å². The van der Waals surface area contributed by atoms with Crippen molar-refractivity contribution < 1.29 is 22.8 Å². The first kappa shape index (κ1) is 27.5. The van der Waals surface area contributed by atoms with E-state index in [9.17, 15) is 27.6 Å². The van der Waals surface area contributed by atoms with Gasteiger partial charge in [0.05, 0.1) is 11.8 Å². The molecule has 9 nitrogen and oxygen atoms in total. The highest BCUT2D eigenvalue weighted by molar-refractivity contribution is 7.92. The summed E-state index contributed by atoms with van der Waals surface area (Å²) in [5.74, 6) is -1.15. The molecular formula is C27H29N3O6S. The molecular weight excluding hydrogens is 494 g/mol. The Hall–Kier alpha value is -4.05. The van der Waals surface area contributed by atoms with Crippen molar-refractivity contribution in [3.05, 3.63) is 100.0 Å². The number of carbonyl (C=O) groups is 3. The molecule has 3 aromatic rings. The maximum Gasteiger partial charge on any atom is 0.275 e. The molecule has 0 spiro atoms. The van der Waals surface area contributed by atoms with Crippen molar-refractivity contribution in [1.82, 2.24) is 9.88 Å². The Balaban J connectivity index is 1.86. The highest BCUT2D eigenvalue weighted by Crippen LogP contribution is 2.13. The molecule has 194 valence electrons. The summed E-state index contributed by atoms with van der Waals surface area (Å²) < 4.78 is 28.9. The number of carbonyl (C=O) groups excluding carboxylic acids is 3. The van der Waals surface area contributed by atoms with E-state index in [4.69, 9.17) is 0 Å². The average Bonchev–Trinajstić information content (AvgIpc) is 2.87. The minimum absolute atomic E-state index is 0.164. The van der Waals surface area contributed by atoms with E-state index < -0.39 is 34.1 Å². The molecule has 1 atom stereocenters. The molecule has 0 aliphatic carbocycles.